The molecule has 560 valence electrons. The summed E-state index contributed by atoms with van der Waals surface area (Å²) >= 11 is 0. The van der Waals surface area contributed by atoms with Gasteiger partial charge in [0.15, 0.2) is 45.4 Å². The van der Waals surface area contributed by atoms with Crippen molar-refractivity contribution in [3.8, 4) is 16.4 Å². The van der Waals surface area contributed by atoms with Crippen molar-refractivity contribution in [1.29, 1.82) is 0 Å². The van der Waals surface area contributed by atoms with E-state index in [1.54, 1.807) is 0 Å². The number of alkyl halides is 9. The number of para-hydroxylation sites is 2. The van der Waals surface area contributed by atoms with Gasteiger partial charge in [0.25, 0.3) is 0 Å². The summed E-state index contributed by atoms with van der Waals surface area (Å²) in [6, 6.07) is 87.9. The van der Waals surface area contributed by atoms with E-state index in [2.05, 4.69) is 258 Å². The second-order valence-electron chi connectivity index (χ2n) is 22.3. The minimum absolute atomic E-state index is 0.0146. The Labute approximate surface area is 614 Å². The minimum atomic E-state index is -5.15. The van der Waals surface area contributed by atoms with E-state index in [9.17, 15) is 92.8 Å². The SMILES string of the molecule is C=C(C)C(=O)OC(CS(=O)(=O)[O-])C(F)(F)F.C=C(C)C(=O)OC(CS(=O)(=O)[O-])C(F)(F)F.C=C(C)C(=O)OC(CS(=O)(=O)[O-])C(F)(F)F.c1ccc(-[s+]2c3ccccc3c3ccccc32)cc1.c1ccc([S+](c2ccccc2)c2ccccc2)cc1.c1ccc([S+]2c3ccccc3Oc3ccccc32)cc1. The highest BCUT2D eigenvalue weighted by atomic mass is 32.2. The summed E-state index contributed by atoms with van der Waals surface area (Å²) in [6.45, 7) is 12.3. The van der Waals surface area contributed by atoms with E-state index in [4.69, 9.17) is 4.74 Å². The number of hydrogen-bond donors (Lipinski definition) is 0. The summed E-state index contributed by atoms with van der Waals surface area (Å²) in [6.07, 6.45) is -24.3. The van der Waals surface area contributed by atoms with Crippen molar-refractivity contribution >= 4 is 101 Å². The van der Waals surface area contributed by atoms with Crippen molar-refractivity contribution in [3.05, 3.63) is 285 Å². The first-order valence-electron chi connectivity index (χ1n) is 30.8. The molecule has 0 saturated carbocycles. The van der Waals surface area contributed by atoms with Gasteiger partial charge in [-0.05, 0) is 130 Å². The highest BCUT2D eigenvalue weighted by Gasteiger charge is 2.47. The van der Waals surface area contributed by atoms with Gasteiger partial charge in [0, 0.05) is 38.0 Å². The van der Waals surface area contributed by atoms with Crippen LogP contribution in [0.2, 0.25) is 0 Å². The normalized spacial score (nSPS) is 12.9. The first-order valence-corrected chi connectivity index (χ1v) is 39.2. The highest BCUT2D eigenvalue weighted by Crippen LogP contribution is 2.49. The largest absolute Gasteiger partial charge is 0.748 e. The van der Waals surface area contributed by atoms with Crippen LogP contribution in [0.4, 0.5) is 39.5 Å². The monoisotopic (exact) mass is 1580 g/mol. The van der Waals surface area contributed by atoms with Crippen LogP contribution in [0.25, 0.3) is 25.1 Å². The minimum Gasteiger partial charge on any atom is -0.748 e. The summed E-state index contributed by atoms with van der Waals surface area (Å²) in [4.78, 5) is 41.6. The van der Waals surface area contributed by atoms with Crippen molar-refractivity contribution in [2.75, 3.05) is 17.3 Å². The number of fused-ring (bicyclic) bond motifs is 5. The van der Waals surface area contributed by atoms with Crippen molar-refractivity contribution in [3.63, 3.8) is 0 Å². The molecular weight excluding hydrogens is 1520 g/mol. The average Bonchev–Trinajstić information content (AvgIpc) is 1.57. The number of halogens is 9. The Morgan fingerprint density at radius 1 is 0.387 bits per heavy atom. The number of ether oxygens (including phenoxy) is 4. The molecule has 16 nitrogen and oxygen atoms in total. The number of thiophene rings is 1. The molecule has 0 fully saturated rings. The molecule has 31 heteroatoms. The highest BCUT2D eigenvalue weighted by molar-refractivity contribution is 7.97. The van der Waals surface area contributed by atoms with Crippen LogP contribution in [-0.4, -0.2) is 111 Å². The Kier molecular flexibility index (Phi) is 30.7. The Morgan fingerprint density at radius 3 is 0.906 bits per heavy atom. The fourth-order valence-corrected chi connectivity index (χ4v) is 17.6. The molecule has 0 amide bonds. The number of carbonyl (C=O) groups is 3. The van der Waals surface area contributed by atoms with Crippen LogP contribution in [0, 0.1) is 0 Å². The molecule has 0 aliphatic carbocycles. The molecular formula is C75H65F9O16S6. The smallest absolute Gasteiger partial charge is 0.426 e. The third-order valence-electron chi connectivity index (χ3n) is 13.7. The number of carbonyl (C=O) groups excluding carboxylic acids is 3. The molecule has 106 heavy (non-hydrogen) atoms. The molecule has 0 bridgehead atoms. The number of hydrogen-bond acceptors (Lipinski definition) is 16. The van der Waals surface area contributed by atoms with E-state index in [1.807, 2.05) is 24.3 Å². The number of esters is 3. The Hall–Kier alpha value is -9.57. The van der Waals surface area contributed by atoms with Crippen molar-refractivity contribution in [2.45, 2.75) is 87.0 Å². The Bertz CT molecular complexity index is 4620. The van der Waals surface area contributed by atoms with Gasteiger partial charge in [0.2, 0.25) is 28.1 Å². The molecule has 1 aromatic heterocycles. The van der Waals surface area contributed by atoms with Crippen molar-refractivity contribution in [1.82, 2.24) is 0 Å². The Balaban J connectivity index is 0.000000200. The maximum atomic E-state index is 12.2. The second kappa shape index (κ2) is 38.1. The lowest BCUT2D eigenvalue weighted by atomic mass is 10.2. The van der Waals surface area contributed by atoms with Crippen LogP contribution < -0.4 is 4.74 Å². The molecule has 3 atom stereocenters. The van der Waals surface area contributed by atoms with Crippen LogP contribution >= 0.6 is 10.5 Å². The van der Waals surface area contributed by atoms with Gasteiger partial charge < -0.3 is 32.6 Å². The van der Waals surface area contributed by atoms with E-state index in [0.717, 1.165) is 32.3 Å². The zero-order chi connectivity index (χ0) is 78.4. The van der Waals surface area contributed by atoms with Gasteiger partial charge in [-0.3, -0.25) is 0 Å². The summed E-state index contributed by atoms with van der Waals surface area (Å²) in [5, 5.41) is 2.79. The zero-order valence-corrected chi connectivity index (χ0v) is 60.9. The second-order valence-corrected chi connectivity index (χ2v) is 32.6. The van der Waals surface area contributed by atoms with Gasteiger partial charge >= 0.3 is 36.4 Å². The third kappa shape index (κ3) is 26.8. The predicted octanol–water partition coefficient (Wildman–Crippen LogP) is 17.1. The van der Waals surface area contributed by atoms with Gasteiger partial charge in [0.1, 0.15) is 10.9 Å². The first-order chi connectivity index (χ1) is 49.6. The number of rotatable bonds is 17. The maximum absolute atomic E-state index is 12.2. The molecule has 9 aromatic carbocycles. The quantitative estimate of drug-likeness (QED) is 0.0205. The van der Waals surface area contributed by atoms with Gasteiger partial charge in [-0.15, -0.1) is 0 Å². The van der Waals surface area contributed by atoms with Gasteiger partial charge in [0.05, 0.1) is 58.5 Å². The van der Waals surface area contributed by atoms with E-state index < -0.39 is 102 Å². The van der Waals surface area contributed by atoms with Crippen molar-refractivity contribution < 1.29 is 112 Å². The van der Waals surface area contributed by atoms with E-state index in [-0.39, 0.29) is 49.0 Å². The van der Waals surface area contributed by atoms with Crippen LogP contribution in [0.1, 0.15) is 20.8 Å². The molecule has 11 rings (SSSR count). The molecule has 0 N–H and O–H groups in total. The van der Waals surface area contributed by atoms with Crippen LogP contribution in [0.3, 0.4) is 0 Å². The molecule has 3 unspecified atom stereocenters. The lowest BCUT2D eigenvalue weighted by molar-refractivity contribution is -0.213. The average molecular weight is 1590 g/mol. The van der Waals surface area contributed by atoms with Crippen LogP contribution in [0.5, 0.6) is 11.5 Å². The molecule has 0 saturated heterocycles. The molecule has 1 aliphatic rings. The standard InChI is InChI=1S/C18H13OS.C18H13S.C18H15S.3C7H9F3O5S/c1-2-8-14(9-3-1)20-17-12-6-4-10-15(17)19-16-11-5-7-13-18(16)20;1-2-8-14(9-3-1)19-17-12-6-4-10-15(17)16-11-5-7-13-18(16)19;1-4-10-16(11-5-1)19(17-12-6-2-7-13-17)18-14-8-3-9-15-18;3*1-4(2)6(11)15-5(7(8,9)10)3-16(12,13)14/h1-13H;1-13H;1-15H;3*5H,1,3H2,2H3,(H,12,13,14)/q3*+1;;;/p-3. The van der Waals surface area contributed by atoms with Gasteiger partial charge in [-0.25, -0.2) is 39.6 Å². The predicted molar refractivity (Wildman–Crippen MR) is 384 cm³/mol. The summed E-state index contributed by atoms with van der Waals surface area (Å²) in [5.41, 5.74) is -1.01. The summed E-state index contributed by atoms with van der Waals surface area (Å²) in [5.74, 6) is -7.85. The zero-order valence-electron chi connectivity index (χ0n) is 56.0. The van der Waals surface area contributed by atoms with E-state index in [1.165, 1.54) is 54.4 Å². The van der Waals surface area contributed by atoms with E-state index in [0.29, 0.717) is 0 Å². The molecule has 1 aliphatic heterocycles. The van der Waals surface area contributed by atoms with Crippen molar-refractivity contribution in [2.24, 2.45) is 0 Å². The molecule has 0 spiro atoms. The lowest BCUT2D eigenvalue weighted by Gasteiger charge is -2.21. The first kappa shape index (κ1) is 85.4. The lowest BCUT2D eigenvalue weighted by Crippen LogP contribution is -2.39. The fourth-order valence-electron chi connectivity index (χ4n) is 9.03. The number of benzene rings is 9. The van der Waals surface area contributed by atoms with Gasteiger partial charge in [-0.1, -0.05) is 159 Å². The molecule has 2 heterocycles. The fraction of sp³-hybridized carbons (Fsp3) is 0.160. The maximum Gasteiger partial charge on any atom is 0.426 e. The Morgan fingerprint density at radius 2 is 0.632 bits per heavy atom. The summed E-state index contributed by atoms with van der Waals surface area (Å²) in [7, 11) is -15.5. The topological polar surface area (TPSA) is 260 Å². The molecule has 10 aromatic rings. The van der Waals surface area contributed by atoms with Crippen LogP contribution in [0.15, 0.2) is 315 Å². The van der Waals surface area contributed by atoms with E-state index >= 15 is 0 Å². The third-order valence-corrected chi connectivity index (χ3v) is 22.7. The van der Waals surface area contributed by atoms with Crippen LogP contribution in [-0.2, 0) is 80.7 Å². The van der Waals surface area contributed by atoms with Gasteiger partial charge in [-0.2, -0.15) is 39.5 Å². The summed E-state index contributed by atoms with van der Waals surface area (Å²) < 4.78 is 221. The molecule has 0 radical (unpaired) electrons.